The number of alkyl carbamates (subject to hydrolysis) is 1. The maximum Gasteiger partial charge on any atom is 0.407 e. The van der Waals surface area contributed by atoms with Gasteiger partial charge in [-0.1, -0.05) is 45.3 Å². The molecule has 0 spiro atoms. The Kier molecular flexibility index (Phi) is 5.14. The molecular weight excluding hydrogens is 386 g/mol. The summed E-state index contributed by atoms with van der Waals surface area (Å²) in [6, 6.07) is 0.298. The summed E-state index contributed by atoms with van der Waals surface area (Å²) in [6.45, 7) is 6.98. The second-order valence-electron chi connectivity index (χ2n) is 11.5. The molecule has 31 heavy (non-hydrogen) atoms. The van der Waals surface area contributed by atoms with E-state index in [9.17, 15) is 9.59 Å². The third kappa shape index (κ3) is 3.15. The van der Waals surface area contributed by atoms with Gasteiger partial charge in [0, 0.05) is 16.9 Å². The minimum absolute atomic E-state index is 0.0241. The van der Waals surface area contributed by atoms with Crippen LogP contribution in [0.25, 0.3) is 0 Å². The first-order valence-corrected chi connectivity index (χ1v) is 12.7. The molecule has 0 radical (unpaired) electrons. The van der Waals surface area contributed by atoms with Crippen molar-refractivity contribution in [3.8, 4) is 0 Å². The number of ether oxygens (including phenoxy) is 1. The van der Waals surface area contributed by atoms with Gasteiger partial charge in [-0.2, -0.15) is 0 Å². The van der Waals surface area contributed by atoms with Crippen LogP contribution < -0.4 is 5.32 Å². The zero-order valence-corrected chi connectivity index (χ0v) is 19.5. The Balaban J connectivity index is 1.37. The average molecular weight is 426 g/mol. The topological polar surface area (TPSA) is 55.4 Å². The van der Waals surface area contributed by atoms with Crippen molar-refractivity contribution >= 4 is 11.9 Å². The van der Waals surface area contributed by atoms with Crippen LogP contribution in [0, 0.1) is 28.6 Å². The SMILES string of the molecule is CC[C@@]1(OC(=O)NC2CCCC2)CC[C@H]2[C@@H]3CCC4=CC(=O)C=C[C@]4(C)[C@H]3CC[C@@]21C. The lowest BCUT2D eigenvalue weighted by Crippen LogP contribution is -2.56. The lowest BCUT2D eigenvalue weighted by atomic mass is 9.47. The van der Waals surface area contributed by atoms with E-state index in [0.29, 0.717) is 23.8 Å². The van der Waals surface area contributed by atoms with Crippen LogP contribution in [0.1, 0.15) is 91.4 Å². The first-order chi connectivity index (χ1) is 14.8. The predicted octanol–water partition coefficient (Wildman–Crippen LogP) is 6.11. The number of carbonyl (C=O) groups excluding carboxylic acids is 2. The minimum atomic E-state index is -0.347. The Labute approximate surface area is 187 Å². The van der Waals surface area contributed by atoms with E-state index < -0.39 is 0 Å². The van der Waals surface area contributed by atoms with Gasteiger partial charge in [0.1, 0.15) is 5.60 Å². The largest absolute Gasteiger partial charge is 0.442 e. The van der Waals surface area contributed by atoms with E-state index in [0.717, 1.165) is 51.4 Å². The van der Waals surface area contributed by atoms with E-state index in [2.05, 4.69) is 32.2 Å². The minimum Gasteiger partial charge on any atom is -0.442 e. The molecule has 0 aromatic carbocycles. The van der Waals surface area contributed by atoms with Gasteiger partial charge in [-0.05, 0) is 87.7 Å². The molecule has 0 unspecified atom stereocenters. The number of hydrogen-bond acceptors (Lipinski definition) is 3. The molecule has 4 fully saturated rings. The Morgan fingerprint density at radius 3 is 2.58 bits per heavy atom. The van der Waals surface area contributed by atoms with Crippen LogP contribution in [-0.2, 0) is 9.53 Å². The van der Waals surface area contributed by atoms with E-state index in [-0.39, 0.29) is 28.3 Å². The first kappa shape index (κ1) is 21.3. The molecule has 6 atom stereocenters. The summed E-state index contributed by atoms with van der Waals surface area (Å²) in [5, 5.41) is 3.17. The van der Waals surface area contributed by atoms with Gasteiger partial charge in [0.05, 0.1) is 0 Å². The number of carbonyl (C=O) groups is 2. The van der Waals surface area contributed by atoms with Crippen LogP contribution in [0.2, 0.25) is 0 Å². The summed E-state index contributed by atoms with van der Waals surface area (Å²) in [6.07, 6.45) is 17.8. The van der Waals surface area contributed by atoms with Crippen molar-refractivity contribution in [2.24, 2.45) is 28.6 Å². The molecule has 0 aromatic heterocycles. The van der Waals surface area contributed by atoms with Crippen LogP contribution in [0.4, 0.5) is 4.79 Å². The zero-order chi connectivity index (χ0) is 21.9. The molecule has 1 amide bonds. The monoisotopic (exact) mass is 425 g/mol. The van der Waals surface area contributed by atoms with Gasteiger partial charge < -0.3 is 10.1 Å². The Morgan fingerprint density at radius 2 is 1.84 bits per heavy atom. The van der Waals surface area contributed by atoms with Crippen molar-refractivity contribution in [1.29, 1.82) is 0 Å². The van der Waals surface area contributed by atoms with Crippen molar-refractivity contribution in [1.82, 2.24) is 5.32 Å². The van der Waals surface area contributed by atoms with Gasteiger partial charge in [-0.25, -0.2) is 4.79 Å². The highest BCUT2D eigenvalue weighted by Crippen LogP contribution is 2.68. The van der Waals surface area contributed by atoms with Crippen LogP contribution in [-0.4, -0.2) is 23.5 Å². The van der Waals surface area contributed by atoms with Gasteiger partial charge in [0.25, 0.3) is 0 Å². The second-order valence-corrected chi connectivity index (χ2v) is 11.5. The van der Waals surface area contributed by atoms with E-state index in [1.807, 2.05) is 6.08 Å². The number of rotatable bonds is 3. The lowest BCUT2D eigenvalue weighted by Gasteiger charge is -2.58. The summed E-state index contributed by atoms with van der Waals surface area (Å²) in [4.78, 5) is 24.9. The number of fused-ring (bicyclic) bond motifs is 5. The third-order valence-corrected chi connectivity index (χ3v) is 10.4. The number of ketones is 1. The zero-order valence-electron chi connectivity index (χ0n) is 19.5. The number of hydrogen-bond donors (Lipinski definition) is 1. The fourth-order valence-corrected chi connectivity index (χ4v) is 8.55. The molecule has 0 aromatic rings. The van der Waals surface area contributed by atoms with E-state index in [1.165, 1.54) is 24.8 Å². The Morgan fingerprint density at radius 1 is 1.10 bits per heavy atom. The van der Waals surface area contributed by atoms with Crippen LogP contribution in [0.3, 0.4) is 0 Å². The fraction of sp³-hybridized carbons (Fsp3) is 0.778. The highest BCUT2D eigenvalue weighted by atomic mass is 16.6. The highest BCUT2D eigenvalue weighted by Gasteiger charge is 2.65. The number of nitrogens with one attached hydrogen (secondary N) is 1. The maximum atomic E-state index is 12.9. The summed E-state index contributed by atoms with van der Waals surface area (Å²) in [7, 11) is 0. The average Bonchev–Trinajstić information content (AvgIpc) is 3.35. The number of amides is 1. The van der Waals surface area contributed by atoms with Crippen LogP contribution in [0.5, 0.6) is 0 Å². The molecule has 1 N–H and O–H groups in total. The lowest BCUT2D eigenvalue weighted by molar-refractivity contribution is -0.126. The van der Waals surface area contributed by atoms with Gasteiger partial charge in [-0.15, -0.1) is 0 Å². The van der Waals surface area contributed by atoms with Gasteiger partial charge in [-0.3, -0.25) is 4.79 Å². The molecular formula is C27H39NO3. The Bertz CT molecular complexity index is 824. The predicted molar refractivity (Wildman–Crippen MR) is 122 cm³/mol. The summed E-state index contributed by atoms with van der Waals surface area (Å²) in [5.41, 5.74) is 1.07. The van der Waals surface area contributed by atoms with Crippen LogP contribution in [0.15, 0.2) is 23.8 Å². The molecule has 4 heteroatoms. The van der Waals surface area contributed by atoms with Gasteiger partial charge in [0.2, 0.25) is 0 Å². The van der Waals surface area contributed by atoms with E-state index >= 15 is 0 Å². The quantitative estimate of drug-likeness (QED) is 0.593. The van der Waals surface area contributed by atoms with Crippen LogP contribution >= 0.6 is 0 Å². The molecule has 5 rings (SSSR count). The number of allylic oxidation sites excluding steroid dienone is 4. The van der Waals surface area contributed by atoms with E-state index in [1.54, 1.807) is 6.08 Å². The maximum absolute atomic E-state index is 12.9. The fourth-order valence-electron chi connectivity index (χ4n) is 8.55. The molecule has 0 saturated heterocycles. The summed E-state index contributed by atoms with van der Waals surface area (Å²) >= 11 is 0. The van der Waals surface area contributed by atoms with Crippen molar-refractivity contribution in [2.45, 2.75) is 103 Å². The smallest absolute Gasteiger partial charge is 0.407 e. The van der Waals surface area contributed by atoms with Gasteiger partial charge in [0.15, 0.2) is 5.78 Å². The first-order valence-electron chi connectivity index (χ1n) is 12.7. The third-order valence-electron chi connectivity index (χ3n) is 10.4. The van der Waals surface area contributed by atoms with Gasteiger partial charge >= 0.3 is 6.09 Å². The summed E-state index contributed by atoms with van der Waals surface area (Å²) < 4.78 is 6.39. The molecule has 0 heterocycles. The van der Waals surface area contributed by atoms with Crippen molar-refractivity contribution < 1.29 is 14.3 Å². The molecule has 5 aliphatic carbocycles. The standard InChI is InChI=1S/C27H39NO3/c1-4-27(31-24(30)28-19-7-5-6-8-19)16-13-23-21-10-9-18-17-20(29)11-14-25(18,2)22(21)12-15-26(23,27)3/h11,14,17,19,21-23H,4-10,12-13,15-16H2,1-3H3,(H,28,30)/t21-,22+,23+,25+,26+,27-/m1/s1. The molecule has 5 aliphatic rings. The second kappa shape index (κ2) is 7.49. The highest BCUT2D eigenvalue weighted by molar-refractivity contribution is 6.01. The molecule has 4 nitrogen and oxygen atoms in total. The molecule has 170 valence electrons. The van der Waals surface area contributed by atoms with Crippen molar-refractivity contribution in [2.75, 3.05) is 0 Å². The van der Waals surface area contributed by atoms with Crippen molar-refractivity contribution in [3.05, 3.63) is 23.8 Å². The Hall–Kier alpha value is -1.58. The van der Waals surface area contributed by atoms with Crippen molar-refractivity contribution in [3.63, 3.8) is 0 Å². The summed E-state index contributed by atoms with van der Waals surface area (Å²) in [5.74, 6) is 1.98. The van der Waals surface area contributed by atoms with E-state index in [4.69, 9.17) is 4.74 Å². The molecule has 4 saturated carbocycles. The molecule has 0 aliphatic heterocycles. The molecule has 0 bridgehead atoms. The normalized spacial score (nSPS) is 44.3.